The maximum absolute atomic E-state index is 4.26. The summed E-state index contributed by atoms with van der Waals surface area (Å²) >= 11 is 0. The molecule has 0 atom stereocenters. The Labute approximate surface area is 70.3 Å². The first-order valence-corrected chi connectivity index (χ1v) is 3.84. The van der Waals surface area contributed by atoms with Gasteiger partial charge in [-0.1, -0.05) is 0 Å². The first kappa shape index (κ1) is 7.21. The lowest BCUT2D eigenvalue weighted by Crippen LogP contribution is -1.97. The molecule has 0 unspecified atom stereocenters. The van der Waals surface area contributed by atoms with E-state index in [1.807, 2.05) is 25.3 Å². The Morgan fingerprint density at radius 1 is 1.25 bits per heavy atom. The fraction of sp³-hybridized carbons (Fsp3) is 0.375. The standard InChI is InChI=1S/C8H10N4/c1-5-4-9-6(2)8-10-7(3)11-12(5)8/h4H,1-3H3. The van der Waals surface area contributed by atoms with Crippen LogP contribution in [0.25, 0.3) is 5.65 Å². The second-order valence-corrected chi connectivity index (χ2v) is 2.88. The van der Waals surface area contributed by atoms with E-state index in [2.05, 4.69) is 15.1 Å². The van der Waals surface area contributed by atoms with Crippen LogP contribution in [0, 0.1) is 20.8 Å². The number of nitrogens with zero attached hydrogens (tertiary/aromatic N) is 4. The first-order valence-electron chi connectivity index (χ1n) is 3.84. The van der Waals surface area contributed by atoms with Gasteiger partial charge in [0.05, 0.1) is 11.4 Å². The summed E-state index contributed by atoms with van der Waals surface area (Å²) < 4.78 is 1.82. The number of fused-ring (bicyclic) bond motifs is 1. The van der Waals surface area contributed by atoms with E-state index in [0.717, 1.165) is 22.9 Å². The molecule has 2 heterocycles. The smallest absolute Gasteiger partial charge is 0.177 e. The zero-order valence-corrected chi connectivity index (χ0v) is 7.37. The van der Waals surface area contributed by atoms with Crippen LogP contribution >= 0.6 is 0 Å². The molecular formula is C8H10N4. The van der Waals surface area contributed by atoms with Crippen molar-refractivity contribution >= 4 is 5.65 Å². The molecule has 2 aromatic rings. The van der Waals surface area contributed by atoms with Crippen molar-refractivity contribution in [2.75, 3.05) is 0 Å². The number of aromatic nitrogens is 4. The lowest BCUT2D eigenvalue weighted by molar-refractivity contribution is 0.871. The molecule has 0 aromatic carbocycles. The minimum Gasteiger partial charge on any atom is -0.256 e. The third-order valence-corrected chi connectivity index (χ3v) is 1.82. The number of rotatable bonds is 0. The molecule has 0 saturated heterocycles. The van der Waals surface area contributed by atoms with Crippen molar-refractivity contribution in [3.63, 3.8) is 0 Å². The van der Waals surface area contributed by atoms with E-state index in [1.165, 1.54) is 0 Å². The molecule has 0 fully saturated rings. The van der Waals surface area contributed by atoms with Gasteiger partial charge in [-0.15, -0.1) is 0 Å². The van der Waals surface area contributed by atoms with Gasteiger partial charge in [0.15, 0.2) is 5.65 Å². The first-order chi connectivity index (χ1) is 5.68. The summed E-state index contributed by atoms with van der Waals surface area (Å²) in [6.45, 7) is 5.78. The van der Waals surface area contributed by atoms with Crippen molar-refractivity contribution in [2.45, 2.75) is 20.8 Å². The fourth-order valence-corrected chi connectivity index (χ4v) is 1.20. The van der Waals surface area contributed by atoms with Crippen LogP contribution in [0.4, 0.5) is 0 Å². The van der Waals surface area contributed by atoms with Crippen molar-refractivity contribution < 1.29 is 0 Å². The monoisotopic (exact) mass is 162 g/mol. The van der Waals surface area contributed by atoms with E-state index >= 15 is 0 Å². The average Bonchev–Trinajstić information content (AvgIpc) is 2.41. The molecular weight excluding hydrogens is 152 g/mol. The molecule has 4 heteroatoms. The van der Waals surface area contributed by atoms with Crippen molar-refractivity contribution in [2.24, 2.45) is 0 Å². The Hall–Kier alpha value is -1.45. The molecule has 0 spiro atoms. The predicted octanol–water partition coefficient (Wildman–Crippen LogP) is 1.05. The van der Waals surface area contributed by atoms with Gasteiger partial charge in [0, 0.05) is 6.20 Å². The van der Waals surface area contributed by atoms with Crippen molar-refractivity contribution in [1.82, 2.24) is 19.6 Å². The van der Waals surface area contributed by atoms with Crippen LogP contribution in [-0.2, 0) is 0 Å². The normalized spacial score (nSPS) is 10.9. The Kier molecular flexibility index (Phi) is 1.36. The predicted molar refractivity (Wildman–Crippen MR) is 45.0 cm³/mol. The van der Waals surface area contributed by atoms with Gasteiger partial charge in [0.1, 0.15) is 5.82 Å². The molecule has 2 rings (SSSR count). The Morgan fingerprint density at radius 2 is 2.00 bits per heavy atom. The highest BCUT2D eigenvalue weighted by atomic mass is 15.3. The lowest BCUT2D eigenvalue weighted by atomic mass is 10.4. The Bertz CT molecular complexity index is 391. The van der Waals surface area contributed by atoms with Crippen LogP contribution in [0.2, 0.25) is 0 Å². The molecule has 0 amide bonds. The molecule has 0 aliphatic heterocycles. The molecule has 12 heavy (non-hydrogen) atoms. The van der Waals surface area contributed by atoms with E-state index in [9.17, 15) is 0 Å². The molecule has 0 saturated carbocycles. The quantitative estimate of drug-likeness (QED) is 0.581. The van der Waals surface area contributed by atoms with E-state index in [-0.39, 0.29) is 0 Å². The Morgan fingerprint density at radius 3 is 2.67 bits per heavy atom. The Balaban J connectivity index is 2.93. The highest BCUT2D eigenvalue weighted by Gasteiger charge is 2.04. The van der Waals surface area contributed by atoms with Gasteiger partial charge in [0.2, 0.25) is 0 Å². The zero-order valence-electron chi connectivity index (χ0n) is 7.37. The van der Waals surface area contributed by atoms with E-state index in [0.29, 0.717) is 0 Å². The minimum atomic E-state index is 0.786. The molecule has 0 bridgehead atoms. The van der Waals surface area contributed by atoms with Gasteiger partial charge in [-0.25, -0.2) is 9.50 Å². The SMILES string of the molecule is Cc1nc2c(C)ncc(C)n2n1. The maximum atomic E-state index is 4.26. The highest BCUT2D eigenvalue weighted by molar-refractivity contribution is 5.42. The summed E-state index contributed by atoms with van der Waals surface area (Å²) in [7, 11) is 0. The van der Waals surface area contributed by atoms with Crippen molar-refractivity contribution in [3.8, 4) is 0 Å². The topological polar surface area (TPSA) is 43.1 Å². The van der Waals surface area contributed by atoms with E-state index in [4.69, 9.17) is 0 Å². The third-order valence-electron chi connectivity index (χ3n) is 1.82. The van der Waals surface area contributed by atoms with Gasteiger partial charge in [-0.05, 0) is 20.8 Å². The van der Waals surface area contributed by atoms with Crippen LogP contribution in [0.1, 0.15) is 17.2 Å². The summed E-state index contributed by atoms with van der Waals surface area (Å²) in [6.07, 6.45) is 1.80. The minimum absolute atomic E-state index is 0.786. The lowest BCUT2D eigenvalue weighted by Gasteiger charge is -1.97. The number of aryl methyl sites for hydroxylation is 3. The summed E-state index contributed by atoms with van der Waals surface area (Å²) in [5.74, 6) is 0.786. The van der Waals surface area contributed by atoms with Gasteiger partial charge in [-0.3, -0.25) is 4.98 Å². The summed E-state index contributed by atoms with van der Waals surface area (Å²) in [5, 5.41) is 4.24. The number of hydrogen-bond donors (Lipinski definition) is 0. The summed E-state index contributed by atoms with van der Waals surface area (Å²) in [4.78, 5) is 8.46. The third kappa shape index (κ3) is 0.879. The maximum Gasteiger partial charge on any atom is 0.177 e. The van der Waals surface area contributed by atoms with Crippen molar-refractivity contribution in [3.05, 3.63) is 23.4 Å². The van der Waals surface area contributed by atoms with Crippen LogP contribution in [0.5, 0.6) is 0 Å². The molecule has 0 aliphatic carbocycles. The average molecular weight is 162 g/mol. The molecule has 4 nitrogen and oxygen atoms in total. The molecule has 62 valence electrons. The van der Waals surface area contributed by atoms with Gasteiger partial charge < -0.3 is 0 Å². The summed E-state index contributed by atoms with van der Waals surface area (Å²) in [5.41, 5.74) is 2.78. The molecule has 0 radical (unpaired) electrons. The zero-order chi connectivity index (χ0) is 8.72. The second-order valence-electron chi connectivity index (χ2n) is 2.88. The number of hydrogen-bond acceptors (Lipinski definition) is 3. The van der Waals surface area contributed by atoms with Crippen LogP contribution < -0.4 is 0 Å². The van der Waals surface area contributed by atoms with E-state index < -0.39 is 0 Å². The van der Waals surface area contributed by atoms with Crippen LogP contribution in [-0.4, -0.2) is 19.6 Å². The highest BCUT2D eigenvalue weighted by Crippen LogP contribution is 2.06. The summed E-state index contributed by atoms with van der Waals surface area (Å²) in [6, 6.07) is 0. The second kappa shape index (κ2) is 2.27. The largest absolute Gasteiger partial charge is 0.256 e. The van der Waals surface area contributed by atoms with Gasteiger partial charge >= 0.3 is 0 Å². The van der Waals surface area contributed by atoms with Crippen LogP contribution in [0.15, 0.2) is 6.20 Å². The molecule has 0 N–H and O–H groups in total. The molecule has 0 aliphatic rings. The molecule has 2 aromatic heterocycles. The van der Waals surface area contributed by atoms with Gasteiger partial charge in [0.25, 0.3) is 0 Å². The van der Waals surface area contributed by atoms with Crippen LogP contribution in [0.3, 0.4) is 0 Å². The van der Waals surface area contributed by atoms with Gasteiger partial charge in [-0.2, -0.15) is 5.10 Å². The van der Waals surface area contributed by atoms with E-state index in [1.54, 1.807) is 6.20 Å². The van der Waals surface area contributed by atoms with Crippen molar-refractivity contribution in [1.29, 1.82) is 0 Å². The fourth-order valence-electron chi connectivity index (χ4n) is 1.20.